The number of rotatable bonds is 2. The quantitative estimate of drug-likeness (QED) is 0.287. The molecule has 0 nitrogen and oxygen atoms in total. The standard InChI is InChI=1S/2C9H11.C2H4.2CH3.Hf/c2*1-2-5-9-7-3-6-8(9)4-1;1-2;;;/h2*3,6-7H,1-2,4-5H2;1-2H2;2*1H3;. The van der Waals surface area contributed by atoms with Gasteiger partial charge in [0, 0.05) is 0 Å². The third-order valence-electron chi connectivity index (χ3n) is 6.44. The Bertz CT molecular complexity index is 535. The van der Waals surface area contributed by atoms with Crippen molar-refractivity contribution in [2.75, 3.05) is 0 Å². The van der Waals surface area contributed by atoms with Crippen molar-refractivity contribution in [3.8, 4) is 0 Å². The molecular weight excluding hydrogens is 443 g/mol. The fourth-order valence-electron chi connectivity index (χ4n) is 5.24. The van der Waals surface area contributed by atoms with Gasteiger partial charge in [-0.25, -0.2) is 0 Å². The van der Waals surface area contributed by atoms with Gasteiger partial charge in [-0.05, 0) is 0 Å². The number of hydrogen-bond donors (Lipinski definition) is 0. The first-order chi connectivity index (χ1) is 11.2. The molecule has 0 radical (unpaired) electrons. The summed E-state index contributed by atoms with van der Waals surface area (Å²) < 4.78 is 7.28. The Morgan fingerprint density at radius 3 is 1.57 bits per heavy atom. The van der Waals surface area contributed by atoms with Crippen molar-refractivity contribution in [3.63, 3.8) is 0 Å². The van der Waals surface area contributed by atoms with E-state index in [2.05, 4.69) is 46.8 Å². The van der Waals surface area contributed by atoms with Gasteiger partial charge in [0.1, 0.15) is 0 Å². The van der Waals surface area contributed by atoms with Crippen LogP contribution in [0.4, 0.5) is 0 Å². The molecule has 0 aromatic rings. The molecule has 2 atom stereocenters. The first-order valence-electron chi connectivity index (χ1n) is 9.48. The van der Waals surface area contributed by atoms with E-state index in [9.17, 15) is 0 Å². The van der Waals surface area contributed by atoms with Crippen LogP contribution in [-0.2, 0) is 20.0 Å². The first-order valence-corrected chi connectivity index (χ1v) is 20.8. The van der Waals surface area contributed by atoms with E-state index in [4.69, 9.17) is 0 Å². The molecule has 0 saturated heterocycles. The summed E-state index contributed by atoms with van der Waals surface area (Å²) in [5.41, 5.74) is 7.23. The van der Waals surface area contributed by atoms with Gasteiger partial charge < -0.3 is 0 Å². The van der Waals surface area contributed by atoms with Crippen molar-refractivity contribution in [1.82, 2.24) is 0 Å². The van der Waals surface area contributed by atoms with Gasteiger partial charge in [-0.2, -0.15) is 0 Å². The van der Waals surface area contributed by atoms with Crippen molar-refractivity contribution < 1.29 is 20.0 Å². The molecule has 0 fully saturated rings. The molecule has 23 heavy (non-hydrogen) atoms. The van der Waals surface area contributed by atoms with Crippen LogP contribution in [0.15, 0.2) is 59.8 Å². The molecule has 4 rings (SSSR count). The normalized spacial score (nSPS) is 29.3. The average Bonchev–Trinajstić information content (AvgIpc) is 3.21. The molecular formula is C22H32Hf. The van der Waals surface area contributed by atoms with Crippen LogP contribution in [0.3, 0.4) is 0 Å². The molecule has 0 N–H and O–H groups in total. The van der Waals surface area contributed by atoms with Crippen molar-refractivity contribution >= 4 is 0 Å². The van der Waals surface area contributed by atoms with Crippen molar-refractivity contribution in [2.24, 2.45) is 0 Å². The van der Waals surface area contributed by atoms with E-state index in [0.29, 0.717) is 0 Å². The van der Waals surface area contributed by atoms with Crippen molar-refractivity contribution in [1.29, 1.82) is 0 Å². The monoisotopic (exact) mass is 476 g/mol. The summed E-state index contributed by atoms with van der Waals surface area (Å²) in [6.07, 6.45) is 21.5. The molecule has 0 aromatic heterocycles. The molecule has 0 saturated carbocycles. The van der Waals surface area contributed by atoms with Gasteiger partial charge in [0.25, 0.3) is 0 Å². The number of hydrogen-bond acceptors (Lipinski definition) is 0. The number of allylic oxidation sites excluding steroid dienone is 8. The van der Waals surface area contributed by atoms with E-state index < -0.39 is 20.0 Å². The Kier molecular flexibility index (Phi) is 5.46. The van der Waals surface area contributed by atoms with Crippen LogP contribution in [0, 0.1) is 0 Å². The van der Waals surface area contributed by atoms with Crippen LogP contribution in [0.1, 0.15) is 51.4 Å². The van der Waals surface area contributed by atoms with E-state index in [1.807, 2.05) is 11.1 Å². The zero-order valence-electron chi connectivity index (χ0n) is 15.0. The van der Waals surface area contributed by atoms with E-state index in [1.165, 1.54) is 51.4 Å². The summed E-state index contributed by atoms with van der Waals surface area (Å²) >= 11 is -2.35. The molecule has 0 aliphatic heterocycles. The Hall–Kier alpha value is -0.430. The molecule has 0 spiro atoms. The minimum absolute atomic E-state index is 0.899. The summed E-state index contributed by atoms with van der Waals surface area (Å²) in [4.78, 5) is 0. The molecule has 0 bridgehead atoms. The van der Waals surface area contributed by atoms with Crippen molar-refractivity contribution in [3.05, 3.63) is 59.8 Å². The van der Waals surface area contributed by atoms with E-state index >= 15 is 0 Å². The molecule has 0 amide bonds. The van der Waals surface area contributed by atoms with Crippen LogP contribution in [-0.4, -0.2) is 0 Å². The predicted octanol–water partition coefficient (Wildman–Crippen LogP) is 7.50. The fourth-order valence-corrected chi connectivity index (χ4v) is 19.7. The zero-order chi connectivity index (χ0) is 16.4. The summed E-state index contributed by atoms with van der Waals surface area (Å²) in [6, 6.07) is 0. The average molecular weight is 475 g/mol. The molecule has 2 unspecified atom stereocenters. The van der Waals surface area contributed by atoms with Gasteiger partial charge >= 0.3 is 135 Å². The summed E-state index contributed by atoms with van der Waals surface area (Å²) in [5, 5.41) is 0. The molecule has 4 aliphatic carbocycles. The third kappa shape index (κ3) is 3.11. The van der Waals surface area contributed by atoms with E-state index in [0.717, 1.165) is 7.35 Å². The predicted molar refractivity (Wildman–Crippen MR) is 99.8 cm³/mol. The molecule has 124 valence electrons. The van der Waals surface area contributed by atoms with Gasteiger partial charge in [-0.1, -0.05) is 0 Å². The Balaban J connectivity index is 0.000000753. The SMILES string of the molecule is C=C.[CH3][Hf]([CH3])([CH]1C=CC2=C1CCCC2)[CH]1C=CC2=C1CCCC2. The Morgan fingerprint density at radius 1 is 0.739 bits per heavy atom. The van der Waals surface area contributed by atoms with Gasteiger partial charge in [-0.15, -0.1) is 13.2 Å². The second-order valence-electron chi connectivity index (χ2n) is 8.01. The zero-order valence-corrected chi connectivity index (χ0v) is 18.6. The van der Waals surface area contributed by atoms with Crippen LogP contribution in [0.25, 0.3) is 0 Å². The molecule has 1 heteroatoms. The Labute approximate surface area is 147 Å². The van der Waals surface area contributed by atoms with Gasteiger partial charge in [0.15, 0.2) is 0 Å². The van der Waals surface area contributed by atoms with Gasteiger partial charge in [0.2, 0.25) is 0 Å². The minimum atomic E-state index is -2.35. The second kappa shape index (κ2) is 7.21. The molecule has 0 aromatic carbocycles. The van der Waals surface area contributed by atoms with Crippen LogP contribution >= 0.6 is 0 Å². The summed E-state index contributed by atoms with van der Waals surface area (Å²) in [6.45, 7) is 6.00. The molecule has 0 heterocycles. The van der Waals surface area contributed by atoms with Crippen LogP contribution < -0.4 is 0 Å². The Morgan fingerprint density at radius 2 is 1.13 bits per heavy atom. The van der Waals surface area contributed by atoms with Gasteiger partial charge in [0.05, 0.1) is 0 Å². The maximum absolute atomic E-state index is 3.00. The maximum atomic E-state index is 3.00. The first kappa shape index (κ1) is 17.4. The topological polar surface area (TPSA) is 0 Å². The third-order valence-corrected chi connectivity index (χ3v) is 21.8. The molecule has 4 aliphatic rings. The fraction of sp³-hybridized carbons (Fsp3) is 0.545. The summed E-state index contributed by atoms with van der Waals surface area (Å²) in [7, 11) is 0. The van der Waals surface area contributed by atoms with Crippen LogP contribution in [0.5, 0.6) is 0 Å². The van der Waals surface area contributed by atoms with E-state index in [-0.39, 0.29) is 0 Å². The summed E-state index contributed by atoms with van der Waals surface area (Å²) in [5.74, 6) is 0. The van der Waals surface area contributed by atoms with E-state index in [1.54, 1.807) is 11.1 Å². The van der Waals surface area contributed by atoms with Gasteiger partial charge in [-0.3, -0.25) is 0 Å². The second-order valence-corrected chi connectivity index (χ2v) is 25.6. The van der Waals surface area contributed by atoms with Crippen LogP contribution in [0.2, 0.25) is 16.7 Å². The van der Waals surface area contributed by atoms with Crippen molar-refractivity contribution in [2.45, 2.75) is 68.1 Å².